The first-order chi connectivity index (χ1) is 15.0. The molecule has 0 aromatic heterocycles. The van der Waals surface area contributed by atoms with E-state index in [1.54, 1.807) is 6.92 Å². The van der Waals surface area contributed by atoms with Crippen molar-refractivity contribution < 1.29 is 40.7 Å². The van der Waals surface area contributed by atoms with Crippen LogP contribution in [-0.2, 0) is 24.3 Å². The molecule has 9 nitrogen and oxygen atoms in total. The number of ether oxygens (including phenoxy) is 2. The molecule has 0 aliphatic carbocycles. The zero-order chi connectivity index (χ0) is 23.5. The van der Waals surface area contributed by atoms with Gasteiger partial charge in [-0.05, 0) is 38.0 Å². The number of rotatable bonds is 6. The number of hydrogen-bond acceptors (Lipinski definition) is 6. The Morgan fingerprint density at radius 3 is 2.56 bits per heavy atom. The van der Waals surface area contributed by atoms with E-state index in [0.29, 0.717) is 0 Å². The largest absolute Gasteiger partial charge is 0.492 e. The number of anilines is 1. The Kier molecular flexibility index (Phi) is 7.30. The summed E-state index contributed by atoms with van der Waals surface area (Å²) in [6.45, 7) is 2.71. The van der Waals surface area contributed by atoms with Gasteiger partial charge in [0.1, 0.15) is 22.6 Å². The second-order valence-corrected chi connectivity index (χ2v) is 9.24. The molecule has 2 N–H and O–H groups in total. The fraction of sp³-hybridized carbons (Fsp3) is 0.579. The number of nitrogens with one attached hydrogen (secondary N) is 2. The van der Waals surface area contributed by atoms with Crippen LogP contribution in [0.4, 0.5) is 18.9 Å². The zero-order valence-corrected chi connectivity index (χ0v) is 18.1. The Labute approximate surface area is 183 Å². The number of amides is 2. The molecule has 32 heavy (non-hydrogen) atoms. The fourth-order valence-corrected chi connectivity index (χ4v) is 5.09. The van der Waals surface area contributed by atoms with Crippen molar-refractivity contribution in [3.8, 4) is 5.75 Å². The standard InChI is InChI=1S/C19H24F3N3O6S/c1-2-31-14-5-3-12(11-15(14)32(28,29)25-7-9-30-10-8-25)23-17(26)13-4-6-16(19(20,21)22)24-18(13)27/h3,5,11,13,16H,2,4,6-10H2,1H3,(H,23,26)(H,24,27). The predicted molar refractivity (Wildman–Crippen MR) is 107 cm³/mol. The third kappa shape index (κ3) is 5.33. The third-order valence-corrected chi connectivity index (χ3v) is 7.11. The summed E-state index contributed by atoms with van der Waals surface area (Å²) >= 11 is 0. The van der Waals surface area contributed by atoms with Crippen LogP contribution in [-0.4, -0.2) is 69.7 Å². The van der Waals surface area contributed by atoms with Gasteiger partial charge in [0, 0.05) is 18.8 Å². The minimum atomic E-state index is -4.59. The lowest BCUT2D eigenvalue weighted by Crippen LogP contribution is -2.53. The molecule has 2 amide bonds. The number of piperidine rings is 1. The number of alkyl halides is 3. The van der Waals surface area contributed by atoms with Gasteiger partial charge in [-0.2, -0.15) is 17.5 Å². The van der Waals surface area contributed by atoms with Crippen LogP contribution in [0.5, 0.6) is 5.75 Å². The van der Waals surface area contributed by atoms with E-state index in [4.69, 9.17) is 9.47 Å². The molecule has 0 bridgehead atoms. The number of benzene rings is 1. The summed E-state index contributed by atoms with van der Waals surface area (Å²) in [7, 11) is -3.96. The highest BCUT2D eigenvalue weighted by Crippen LogP contribution is 2.32. The molecule has 3 rings (SSSR count). The second kappa shape index (κ2) is 9.63. The van der Waals surface area contributed by atoms with E-state index in [0.717, 1.165) is 0 Å². The average molecular weight is 479 g/mol. The molecule has 13 heteroatoms. The van der Waals surface area contributed by atoms with Gasteiger partial charge in [0.2, 0.25) is 21.8 Å². The molecule has 2 aliphatic rings. The Hall–Kier alpha value is -2.38. The van der Waals surface area contributed by atoms with E-state index >= 15 is 0 Å². The Bertz CT molecular complexity index is 964. The van der Waals surface area contributed by atoms with Gasteiger partial charge in [0.15, 0.2) is 0 Å². The van der Waals surface area contributed by atoms with Gasteiger partial charge in [0.05, 0.1) is 19.8 Å². The number of hydrogen-bond donors (Lipinski definition) is 2. The first kappa shape index (κ1) is 24.3. The summed E-state index contributed by atoms with van der Waals surface area (Å²) in [6, 6.07) is 2.01. The molecule has 1 aromatic rings. The molecule has 178 valence electrons. The average Bonchev–Trinajstić information content (AvgIpc) is 2.74. The van der Waals surface area contributed by atoms with Gasteiger partial charge in [-0.25, -0.2) is 8.42 Å². The lowest BCUT2D eigenvalue weighted by atomic mass is 9.92. The van der Waals surface area contributed by atoms with E-state index in [1.165, 1.54) is 22.5 Å². The SMILES string of the molecule is CCOc1ccc(NC(=O)C2CCC(C(F)(F)F)NC2=O)cc1S(=O)(=O)N1CCOCC1. The maximum atomic E-state index is 13.1. The van der Waals surface area contributed by atoms with E-state index in [-0.39, 0.29) is 55.7 Å². The molecule has 2 heterocycles. The van der Waals surface area contributed by atoms with Crippen molar-refractivity contribution in [1.82, 2.24) is 9.62 Å². The third-order valence-electron chi connectivity index (χ3n) is 5.19. The molecule has 2 saturated heterocycles. The molecular formula is C19H24F3N3O6S. The van der Waals surface area contributed by atoms with Crippen LogP contribution < -0.4 is 15.4 Å². The summed E-state index contributed by atoms with van der Waals surface area (Å²) < 4.78 is 76.5. The van der Waals surface area contributed by atoms with Crippen molar-refractivity contribution >= 4 is 27.5 Å². The number of sulfonamides is 1. The molecule has 1 aromatic carbocycles. The molecule has 2 aliphatic heterocycles. The second-order valence-electron chi connectivity index (χ2n) is 7.33. The van der Waals surface area contributed by atoms with Gasteiger partial charge in [-0.3, -0.25) is 9.59 Å². The Morgan fingerprint density at radius 1 is 1.28 bits per heavy atom. The molecule has 2 atom stereocenters. The van der Waals surface area contributed by atoms with Crippen LogP contribution in [0, 0.1) is 5.92 Å². The number of carbonyl (C=O) groups is 2. The first-order valence-corrected chi connectivity index (χ1v) is 11.5. The topological polar surface area (TPSA) is 114 Å². The zero-order valence-electron chi connectivity index (χ0n) is 17.3. The normalized spacial score (nSPS) is 22.8. The highest BCUT2D eigenvalue weighted by atomic mass is 32.2. The minimum absolute atomic E-state index is 0.0797. The maximum Gasteiger partial charge on any atom is 0.408 e. The van der Waals surface area contributed by atoms with E-state index in [1.807, 2.05) is 5.32 Å². The van der Waals surface area contributed by atoms with Crippen LogP contribution in [0.3, 0.4) is 0 Å². The quantitative estimate of drug-likeness (QED) is 0.598. The van der Waals surface area contributed by atoms with E-state index < -0.39 is 46.4 Å². The van der Waals surface area contributed by atoms with E-state index in [9.17, 15) is 31.2 Å². The molecule has 0 saturated carbocycles. The number of carbonyl (C=O) groups excluding carboxylic acids is 2. The number of nitrogens with zero attached hydrogens (tertiary/aromatic N) is 1. The summed E-state index contributed by atoms with van der Waals surface area (Å²) in [5, 5.41) is 4.25. The summed E-state index contributed by atoms with van der Waals surface area (Å²) in [5.74, 6) is -3.06. The minimum Gasteiger partial charge on any atom is -0.492 e. The smallest absolute Gasteiger partial charge is 0.408 e. The van der Waals surface area contributed by atoms with Gasteiger partial charge in [0.25, 0.3) is 0 Å². The van der Waals surface area contributed by atoms with Crippen molar-refractivity contribution in [2.75, 3.05) is 38.2 Å². The highest BCUT2D eigenvalue weighted by Gasteiger charge is 2.46. The summed E-state index contributed by atoms with van der Waals surface area (Å²) in [4.78, 5) is 24.4. The van der Waals surface area contributed by atoms with Crippen LogP contribution in [0.15, 0.2) is 23.1 Å². The van der Waals surface area contributed by atoms with Crippen molar-refractivity contribution in [2.45, 2.75) is 36.9 Å². The van der Waals surface area contributed by atoms with Crippen LogP contribution >= 0.6 is 0 Å². The molecule has 2 fully saturated rings. The van der Waals surface area contributed by atoms with E-state index in [2.05, 4.69) is 5.32 Å². The highest BCUT2D eigenvalue weighted by molar-refractivity contribution is 7.89. The lowest BCUT2D eigenvalue weighted by molar-refractivity contribution is -0.170. The Balaban J connectivity index is 1.79. The van der Waals surface area contributed by atoms with Gasteiger partial charge in [-0.15, -0.1) is 0 Å². The summed E-state index contributed by atoms with van der Waals surface area (Å²) in [5.41, 5.74) is 0.0797. The van der Waals surface area contributed by atoms with Crippen LogP contribution in [0.25, 0.3) is 0 Å². The van der Waals surface area contributed by atoms with Crippen molar-refractivity contribution in [2.24, 2.45) is 5.92 Å². The van der Waals surface area contributed by atoms with Crippen molar-refractivity contribution in [3.05, 3.63) is 18.2 Å². The molecular weight excluding hydrogens is 455 g/mol. The first-order valence-electron chi connectivity index (χ1n) is 10.1. The van der Waals surface area contributed by atoms with Gasteiger partial charge >= 0.3 is 6.18 Å². The van der Waals surface area contributed by atoms with Crippen LogP contribution in [0.1, 0.15) is 19.8 Å². The maximum absolute atomic E-state index is 13.1. The van der Waals surface area contributed by atoms with Gasteiger partial charge < -0.3 is 20.1 Å². The number of morpholine rings is 1. The van der Waals surface area contributed by atoms with Crippen LogP contribution in [0.2, 0.25) is 0 Å². The predicted octanol–water partition coefficient (Wildman–Crippen LogP) is 1.50. The number of halogens is 3. The van der Waals surface area contributed by atoms with Crippen molar-refractivity contribution in [1.29, 1.82) is 0 Å². The molecule has 2 unspecified atom stereocenters. The molecule has 0 spiro atoms. The lowest BCUT2D eigenvalue weighted by Gasteiger charge is -2.30. The fourth-order valence-electron chi connectivity index (χ4n) is 3.52. The van der Waals surface area contributed by atoms with Gasteiger partial charge in [-0.1, -0.05) is 0 Å². The van der Waals surface area contributed by atoms with Crippen molar-refractivity contribution in [3.63, 3.8) is 0 Å². The molecule has 0 radical (unpaired) electrons. The Morgan fingerprint density at radius 2 is 1.97 bits per heavy atom. The monoisotopic (exact) mass is 479 g/mol. The summed E-state index contributed by atoms with van der Waals surface area (Å²) in [6.07, 6.45) is -5.29.